The average molecular weight is 540 g/mol. The second-order valence-electron chi connectivity index (χ2n) is 10.1. The molecule has 4 aromatic rings. The van der Waals surface area contributed by atoms with Gasteiger partial charge >= 0.3 is 0 Å². The van der Waals surface area contributed by atoms with Crippen LogP contribution in [0.4, 0.5) is 5.69 Å². The van der Waals surface area contributed by atoms with Gasteiger partial charge in [0.1, 0.15) is 5.75 Å². The Bertz CT molecular complexity index is 1530. The number of phenolic OH excluding ortho intramolecular Hbond substituents is 1. The summed E-state index contributed by atoms with van der Waals surface area (Å²) in [6.07, 6.45) is 2.06. The van der Waals surface area contributed by atoms with Gasteiger partial charge in [0.2, 0.25) is 5.91 Å². The van der Waals surface area contributed by atoms with Gasteiger partial charge in [-0.15, -0.1) is 0 Å². The number of hydrogen-bond donors (Lipinski definition) is 3. The van der Waals surface area contributed by atoms with Crippen LogP contribution < -0.4 is 10.6 Å². The second kappa shape index (κ2) is 10.9. The van der Waals surface area contributed by atoms with Crippen LogP contribution in [0.1, 0.15) is 52.3 Å². The molecule has 3 heterocycles. The Labute approximate surface area is 234 Å². The van der Waals surface area contributed by atoms with Gasteiger partial charge in [-0.05, 0) is 93.0 Å². The maximum atomic E-state index is 13.0. The van der Waals surface area contributed by atoms with E-state index < -0.39 is 0 Å². The predicted octanol–water partition coefficient (Wildman–Crippen LogP) is 5.81. The summed E-state index contributed by atoms with van der Waals surface area (Å²) >= 11 is 5.82. The average Bonchev–Trinajstić information content (AvgIpc) is 3.40. The highest BCUT2D eigenvalue weighted by molar-refractivity contribution is 7.80. The van der Waals surface area contributed by atoms with Crippen molar-refractivity contribution in [3.63, 3.8) is 0 Å². The normalized spacial score (nSPS) is 16.8. The molecule has 7 nitrogen and oxygen atoms in total. The fraction of sp³-hybridized carbons (Fsp3) is 0.258. The highest BCUT2D eigenvalue weighted by Crippen LogP contribution is 2.42. The van der Waals surface area contributed by atoms with Crippen LogP contribution in [-0.2, 0) is 4.79 Å². The predicted molar refractivity (Wildman–Crippen MR) is 158 cm³/mol. The van der Waals surface area contributed by atoms with Gasteiger partial charge in [0.15, 0.2) is 5.11 Å². The van der Waals surface area contributed by atoms with Gasteiger partial charge in [-0.2, -0.15) is 0 Å². The number of aromatic hydroxyl groups is 1. The molecule has 2 aromatic carbocycles. The molecule has 1 aliphatic rings. The molecule has 0 bridgehead atoms. The molecular formula is C31H33N5O2S. The van der Waals surface area contributed by atoms with Crippen LogP contribution in [-0.4, -0.2) is 37.1 Å². The van der Waals surface area contributed by atoms with Crippen LogP contribution in [0.5, 0.6) is 5.75 Å². The Morgan fingerprint density at radius 2 is 1.82 bits per heavy atom. The molecule has 1 aliphatic heterocycles. The molecule has 0 aliphatic carbocycles. The molecule has 8 heteroatoms. The van der Waals surface area contributed by atoms with Crippen LogP contribution in [0, 0.1) is 27.7 Å². The van der Waals surface area contributed by atoms with Gasteiger partial charge < -0.3 is 25.2 Å². The van der Waals surface area contributed by atoms with Crippen LogP contribution in [0.2, 0.25) is 0 Å². The number of thiocarbonyl (C=S) groups is 1. The molecule has 39 heavy (non-hydrogen) atoms. The van der Waals surface area contributed by atoms with Crippen molar-refractivity contribution in [2.45, 2.75) is 46.2 Å². The number of amides is 1. The van der Waals surface area contributed by atoms with Crippen molar-refractivity contribution in [2.24, 2.45) is 0 Å². The van der Waals surface area contributed by atoms with Crippen molar-refractivity contribution in [2.75, 3.05) is 11.9 Å². The van der Waals surface area contributed by atoms with E-state index in [0.717, 1.165) is 45.1 Å². The first-order chi connectivity index (χ1) is 18.7. The van der Waals surface area contributed by atoms with E-state index in [1.807, 2.05) is 75.4 Å². The molecule has 2 atom stereocenters. The molecule has 1 fully saturated rings. The number of para-hydroxylation sites is 2. The first-order valence-corrected chi connectivity index (χ1v) is 13.5. The lowest BCUT2D eigenvalue weighted by Crippen LogP contribution is -2.33. The van der Waals surface area contributed by atoms with Gasteiger partial charge in [-0.1, -0.05) is 30.3 Å². The molecule has 0 radical (unpaired) electrons. The molecule has 1 amide bonds. The molecule has 0 spiro atoms. The highest BCUT2D eigenvalue weighted by atomic mass is 32.1. The van der Waals surface area contributed by atoms with E-state index in [0.29, 0.717) is 11.7 Å². The smallest absolute Gasteiger partial charge is 0.226 e. The van der Waals surface area contributed by atoms with Crippen molar-refractivity contribution in [3.05, 3.63) is 107 Å². The minimum absolute atomic E-state index is 0.0637. The number of hydrogen-bond acceptors (Lipinski definition) is 4. The van der Waals surface area contributed by atoms with Gasteiger partial charge in [0.25, 0.3) is 0 Å². The quantitative estimate of drug-likeness (QED) is 0.257. The number of carbonyl (C=O) groups is 1. The first kappa shape index (κ1) is 26.4. The zero-order valence-electron chi connectivity index (χ0n) is 22.6. The van der Waals surface area contributed by atoms with E-state index in [2.05, 4.69) is 38.1 Å². The number of benzene rings is 2. The van der Waals surface area contributed by atoms with Crippen molar-refractivity contribution in [1.82, 2.24) is 19.8 Å². The second-order valence-corrected chi connectivity index (χ2v) is 10.5. The van der Waals surface area contributed by atoms with Crippen molar-refractivity contribution in [3.8, 4) is 11.4 Å². The standard InChI is InChI=1S/C31H33N5O2S/c1-19-12-13-20(2)25(17-19)33-28(38)14-16-35-30(29(34-31(35)39)24-9-7-8-15-32-24)23-18-21(3)36(22(23)4)26-10-5-6-11-27(26)37/h5-13,15,17-18,29-30,37H,14,16H2,1-4H3,(H,33,38)(H,34,39)/t29-,30-/m1/s1. The summed E-state index contributed by atoms with van der Waals surface area (Å²) in [6, 6.07) is 21.0. The Balaban J connectivity index is 1.48. The van der Waals surface area contributed by atoms with E-state index in [-0.39, 0.29) is 30.2 Å². The van der Waals surface area contributed by atoms with Gasteiger partial charge in [0.05, 0.1) is 23.5 Å². The molecule has 0 unspecified atom stereocenters. The molecule has 1 saturated heterocycles. The summed E-state index contributed by atoms with van der Waals surface area (Å²) in [6.45, 7) is 8.52. The fourth-order valence-electron chi connectivity index (χ4n) is 5.40. The number of aryl methyl sites for hydroxylation is 3. The number of nitrogens with one attached hydrogen (secondary N) is 2. The first-order valence-electron chi connectivity index (χ1n) is 13.1. The van der Waals surface area contributed by atoms with Crippen LogP contribution in [0.25, 0.3) is 5.69 Å². The maximum Gasteiger partial charge on any atom is 0.226 e. The number of pyridine rings is 1. The Kier molecular flexibility index (Phi) is 7.39. The van der Waals surface area contributed by atoms with Crippen LogP contribution in [0.15, 0.2) is 72.9 Å². The molecule has 3 N–H and O–H groups in total. The molecule has 200 valence electrons. The lowest BCUT2D eigenvalue weighted by molar-refractivity contribution is -0.116. The minimum Gasteiger partial charge on any atom is -0.506 e. The summed E-state index contributed by atoms with van der Waals surface area (Å²) in [5.41, 5.74) is 7.60. The number of rotatable bonds is 7. The number of nitrogens with zero attached hydrogens (tertiary/aromatic N) is 3. The third-order valence-corrected chi connectivity index (χ3v) is 7.71. The van der Waals surface area contributed by atoms with Crippen LogP contribution >= 0.6 is 12.2 Å². The lowest BCUT2D eigenvalue weighted by Gasteiger charge is -2.28. The summed E-state index contributed by atoms with van der Waals surface area (Å²) in [7, 11) is 0. The van der Waals surface area contributed by atoms with Crippen molar-refractivity contribution in [1.29, 1.82) is 0 Å². The monoisotopic (exact) mass is 539 g/mol. The zero-order chi connectivity index (χ0) is 27.7. The highest BCUT2D eigenvalue weighted by Gasteiger charge is 2.41. The summed E-state index contributed by atoms with van der Waals surface area (Å²) < 4.78 is 2.06. The van der Waals surface area contributed by atoms with E-state index in [1.165, 1.54) is 0 Å². The summed E-state index contributed by atoms with van der Waals surface area (Å²) in [5.74, 6) is 0.151. The van der Waals surface area contributed by atoms with Gasteiger partial charge in [-0.25, -0.2) is 0 Å². The topological polar surface area (TPSA) is 82.4 Å². The Hall–Kier alpha value is -4.17. The molecule has 2 aromatic heterocycles. The third-order valence-electron chi connectivity index (χ3n) is 7.36. The summed E-state index contributed by atoms with van der Waals surface area (Å²) in [5, 5.41) is 17.7. The third kappa shape index (κ3) is 5.25. The van der Waals surface area contributed by atoms with Crippen LogP contribution in [0.3, 0.4) is 0 Å². The number of anilines is 1. The van der Waals surface area contributed by atoms with E-state index in [1.54, 1.807) is 12.3 Å². The van der Waals surface area contributed by atoms with E-state index >= 15 is 0 Å². The van der Waals surface area contributed by atoms with Gasteiger partial charge in [-0.3, -0.25) is 9.78 Å². The SMILES string of the molecule is Cc1ccc(C)c(NC(=O)CCN2C(=S)N[C@H](c3ccccn3)[C@H]2c2cc(C)n(-c3ccccc3O)c2C)c1. The molecular weight excluding hydrogens is 506 g/mol. The zero-order valence-corrected chi connectivity index (χ0v) is 23.4. The fourth-order valence-corrected chi connectivity index (χ4v) is 5.73. The maximum absolute atomic E-state index is 13.0. The molecule has 5 rings (SSSR count). The Morgan fingerprint density at radius 1 is 1.05 bits per heavy atom. The van der Waals surface area contributed by atoms with Crippen molar-refractivity contribution >= 4 is 28.9 Å². The lowest BCUT2D eigenvalue weighted by atomic mass is 9.96. The van der Waals surface area contributed by atoms with E-state index in [4.69, 9.17) is 12.2 Å². The molecule has 0 saturated carbocycles. The summed E-state index contributed by atoms with van der Waals surface area (Å²) in [4.78, 5) is 19.8. The van der Waals surface area contributed by atoms with E-state index in [9.17, 15) is 9.90 Å². The number of aromatic nitrogens is 2. The minimum atomic E-state index is -0.195. The number of carbonyl (C=O) groups excluding carboxylic acids is 1. The largest absolute Gasteiger partial charge is 0.506 e. The van der Waals surface area contributed by atoms with Gasteiger partial charge in [0, 0.05) is 36.2 Å². The number of phenols is 1. The Morgan fingerprint density at radius 3 is 2.56 bits per heavy atom. The van der Waals surface area contributed by atoms with Crippen molar-refractivity contribution < 1.29 is 9.90 Å².